The van der Waals surface area contributed by atoms with Crippen molar-refractivity contribution in [3.05, 3.63) is 29.6 Å². The van der Waals surface area contributed by atoms with Gasteiger partial charge in [0.25, 0.3) is 0 Å². The van der Waals surface area contributed by atoms with Crippen molar-refractivity contribution >= 4 is 0 Å². The molecule has 1 heterocycles. The average molecular weight is 259 g/mol. The first kappa shape index (κ1) is 13.3. The molecule has 1 saturated carbocycles. The quantitative estimate of drug-likeness (QED) is 0.645. The van der Waals surface area contributed by atoms with Gasteiger partial charge in [-0.1, -0.05) is 6.92 Å². The molecule has 2 atom stereocenters. The highest BCUT2D eigenvalue weighted by Gasteiger charge is 2.39. The smallest absolute Gasteiger partial charge is 0.271 e. The fourth-order valence-electron chi connectivity index (χ4n) is 2.33. The van der Waals surface area contributed by atoms with Gasteiger partial charge in [0.15, 0.2) is 0 Å². The van der Waals surface area contributed by atoms with Crippen molar-refractivity contribution in [2.45, 2.75) is 32.0 Å². The van der Waals surface area contributed by atoms with E-state index in [1.165, 1.54) is 6.20 Å². The summed E-state index contributed by atoms with van der Waals surface area (Å²) in [6.45, 7) is 1.93. The van der Waals surface area contributed by atoms with Gasteiger partial charge in [-0.05, 0) is 30.7 Å². The number of hydrazine groups is 1. The largest absolute Gasteiger partial charge is 0.416 e. The summed E-state index contributed by atoms with van der Waals surface area (Å²) in [5, 5.41) is 0. The van der Waals surface area contributed by atoms with E-state index in [0.717, 1.165) is 25.1 Å². The molecule has 0 aromatic carbocycles. The van der Waals surface area contributed by atoms with E-state index in [4.69, 9.17) is 5.84 Å². The van der Waals surface area contributed by atoms with Gasteiger partial charge in [-0.25, -0.2) is 0 Å². The molecule has 0 bridgehead atoms. The third-order valence-electron chi connectivity index (χ3n) is 3.56. The van der Waals surface area contributed by atoms with E-state index in [2.05, 4.69) is 10.4 Å². The van der Waals surface area contributed by atoms with Crippen LogP contribution in [0.3, 0.4) is 0 Å². The van der Waals surface area contributed by atoms with Gasteiger partial charge in [-0.2, -0.15) is 13.2 Å². The number of nitrogens with zero attached hydrogens (tertiary/aromatic N) is 1. The van der Waals surface area contributed by atoms with Gasteiger partial charge in [-0.15, -0.1) is 0 Å². The Hall–Kier alpha value is -1.14. The Kier molecular flexibility index (Phi) is 3.59. The fraction of sp³-hybridized carbons (Fsp3) is 0.583. The van der Waals surface area contributed by atoms with Crippen molar-refractivity contribution in [3.63, 3.8) is 0 Å². The summed E-state index contributed by atoms with van der Waals surface area (Å²) in [6, 6.07) is 0.488. The summed E-state index contributed by atoms with van der Waals surface area (Å²) < 4.78 is 38.8. The van der Waals surface area contributed by atoms with Crippen LogP contribution in [0, 0.1) is 11.8 Å². The standard InChI is InChI=1S/C12H16F3N3/c1-7(8-2-3-8)11(18-16)9-6-17-5-4-10(9)12(13,14)15/h4-8,11,18H,2-3,16H2,1H3. The Morgan fingerprint density at radius 3 is 2.61 bits per heavy atom. The first-order chi connectivity index (χ1) is 8.45. The van der Waals surface area contributed by atoms with Crippen molar-refractivity contribution in [2.75, 3.05) is 0 Å². The van der Waals surface area contributed by atoms with Gasteiger partial charge in [0.1, 0.15) is 0 Å². The van der Waals surface area contributed by atoms with Gasteiger partial charge >= 0.3 is 6.18 Å². The number of nitrogens with one attached hydrogen (secondary N) is 1. The highest BCUT2D eigenvalue weighted by molar-refractivity contribution is 5.30. The van der Waals surface area contributed by atoms with E-state index >= 15 is 0 Å². The highest BCUT2D eigenvalue weighted by atomic mass is 19.4. The van der Waals surface area contributed by atoms with Crippen LogP contribution in [0.5, 0.6) is 0 Å². The van der Waals surface area contributed by atoms with Crippen LogP contribution in [-0.4, -0.2) is 4.98 Å². The lowest BCUT2D eigenvalue weighted by molar-refractivity contribution is -0.138. The molecular formula is C12H16F3N3. The number of halogens is 3. The molecule has 100 valence electrons. The van der Waals surface area contributed by atoms with Crippen molar-refractivity contribution in [1.82, 2.24) is 10.4 Å². The third kappa shape index (κ3) is 2.64. The Bertz CT molecular complexity index is 415. The molecule has 2 rings (SSSR count). The molecular weight excluding hydrogens is 243 g/mol. The number of pyridine rings is 1. The maximum atomic E-state index is 12.9. The maximum absolute atomic E-state index is 12.9. The maximum Gasteiger partial charge on any atom is 0.416 e. The molecule has 3 nitrogen and oxygen atoms in total. The molecule has 1 aromatic heterocycles. The molecule has 0 saturated heterocycles. The SMILES string of the molecule is CC(C1CC1)C(NN)c1cnccc1C(F)(F)F. The van der Waals surface area contributed by atoms with Crippen molar-refractivity contribution in [3.8, 4) is 0 Å². The topological polar surface area (TPSA) is 50.9 Å². The molecule has 1 fully saturated rings. The molecule has 6 heteroatoms. The molecule has 0 aliphatic heterocycles. The van der Waals surface area contributed by atoms with E-state index in [1.54, 1.807) is 0 Å². The van der Waals surface area contributed by atoms with Crippen LogP contribution in [-0.2, 0) is 6.18 Å². The Labute approximate surface area is 104 Å². The van der Waals surface area contributed by atoms with E-state index in [9.17, 15) is 13.2 Å². The monoisotopic (exact) mass is 259 g/mol. The lowest BCUT2D eigenvalue weighted by Gasteiger charge is -2.26. The molecule has 1 aliphatic rings. The predicted octanol–water partition coefficient (Wildman–Crippen LogP) is 2.65. The number of aromatic nitrogens is 1. The van der Waals surface area contributed by atoms with Crippen LogP contribution >= 0.6 is 0 Å². The minimum Gasteiger partial charge on any atom is -0.271 e. The lowest BCUT2D eigenvalue weighted by atomic mass is 9.89. The average Bonchev–Trinajstić information content (AvgIpc) is 3.13. The second-order valence-electron chi connectivity index (χ2n) is 4.80. The van der Waals surface area contributed by atoms with E-state index < -0.39 is 17.8 Å². The van der Waals surface area contributed by atoms with Crippen molar-refractivity contribution < 1.29 is 13.2 Å². The van der Waals surface area contributed by atoms with E-state index in [0.29, 0.717) is 5.92 Å². The zero-order valence-electron chi connectivity index (χ0n) is 10.0. The Morgan fingerprint density at radius 1 is 1.44 bits per heavy atom. The van der Waals surface area contributed by atoms with Crippen molar-refractivity contribution in [2.24, 2.45) is 17.7 Å². The molecule has 1 aromatic rings. The van der Waals surface area contributed by atoms with Crippen LogP contribution in [0.25, 0.3) is 0 Å². The molecule has 0 radical (unpaired) electrons. The van der Waals surface area contributed by atoms with E-state index in [1.807, 2.05) is 6.92 Å². The number of alkyl halides is 3. The summed E-state index contributed by atoms with van der Waals surface area (Å²) in [5.41, 5.74) is 1.98. The van der Waals surface area contributed by atoms with Crippen LogP contribution < -0.4 is 11.3 Å². The second-order valence-corrected chi connectivity index (χ2v) is 4.80. The minimum atomic E-state index is -4.38. The molecule has 2 unspecified atom stereocenters. The number of nitrogens with two attached hydrogens (primary N) is 1. The van der Waals surface area contributed by atoms with Gasteiger partial charge in [0, 0.05) is 18.0 Å². The zero-order valence-corrected chi connectivity index (χ0v) is 10.0. The lowest BCUT2D eigenvalue weighted by Crippen LogP contribution is -2.35. The van der Waals surface area contributed by atoms with E-state index in [-0.39, 0.29) is 11.5 Å². The van der Waals surface area contributed by atoms with Crippen LogP contribution in [0.4, 0.5) is 13.2 Å². The second kappa shape index (κ2) is 4.85. The Morgan fingerprint density at radius 2 is 2.11 bits per heavy atom. The molecule has 0 amide bonds. The summed E-state index contributed by atoms with van der Waals surface area (Å²) in [4.78, 5) is 3.79. The first-order valence-corrected chi connectivity index (χ1v) is 5.92. The molecule has 0 spiro atoms. The number of rotatable bonds is 4. The van der Waals surface area contributed by atoms with Gasteiger partial charge in [0.05, 0.1) is 11.6 Å². The van der Waals surface area contributed by atoms with Crippen LogP contribution in [0.15, 0.2) is 18.5 Å². The van der Waals surface area contributed by atoms with Crippen molar-refractivity contribution in [1.29, 1.82) is 0 Å². The highest BCUT2D eigenvalue weighted by Crippen LogP contribution is 2.44. The predicted molar refractivity (Wildman–Crippen MR) is 61.2 cm³/mol. The van der Waals surface area contributed by atoms with Gasteiger partial charge in [0.2, 0.25) is 0 Å². The third-order valence-corrected chi connectivity index (χ3v) is 3.56. The van der Waals surface area contributed by atoms with Gasteiger partial charge < -0.3 is 0 Å². The minimum absolute atomic E-state index is 0.0697. The van der Waals surface area contributed by atoms with Gasteiger partial charge in [-0.3, -0.25) is 16.3 Å². The summed E-state index contributed by atoms with van der Waals surface area (Å²) in [5.74, 6) is 5.96. The zero-order chi connectivity index (χ0) is 13.3. The number of hydrogen-bond donors (Lipinski definition) is 2. The summed E-state index contributed by atoms with van der Waals surface area (Å²) >= 11 is 0. The normalized spacial score (nSPS) is 19.6. The molecule has 3 N–H and O–H groups in total. The summed E-state index contributed by atoms with van der Waals surface area (Å²) in [6.07, 6.45) is 0.145. The Balaban J connectivity index is 2.35. The summed E-state index contributed by atoms with van der Waals surface area (Å²) in [7, 11) is 0. The number of hydrogen-bond acceptors (Lipinski definition) is 3. The molecule has 18 heavy (non-hydrogen) atoms. The fourth-order valence-corrected chi connectivity index (χ4v) is 2.33. The van der Waals surface area contributed by atoms with Crippen LogP contribution in [0.1, 0.15) is 36.9 Å². The van der Waals surface area contributed by atoms with Crippen LogP contribution in [0.2, 0.25) is 0 Å². The first-order valence-electron chi connectivity index (χ1n) is 5.92. The molecule has 1 aliphatic carbocycles.